The number of aromatic amines is 1. The molecule has 15 heteroatoms. The van der Waals surface area contributed by atoms with Crippen molar-refractivity contribution < 1.29 is 35.1 Å². The van der Waals surface area contributed by atoms with Crippen LogP contribution < -0.4 is 11.1 Å². The Labute approximate surface area is 166 Å². The van der Waals surface area contributed by atoms with Crippen molar-refractivity contribution in [3.63, 3.8) is 0 Å². The van der Waals surface area contributed by atoms with E-state index in [0.717, 1.165) is 0 Å². The summed E-state index contributed by atoms with van der Waals surface area (Å²) in [7, 11) is -7.33. The van der Waals surface area contributed by atoms with E-state index in [1.807, 2.05) is 0 Å². The normalized spacial score (nSPS) is 10.7. The minimum absolute atomic E-state index is 0.217. The summed E-state index contributed by atoms with van der Waals surface area (Å²) in [6.45, 7) is 1.65. The monoisotopic (exact) mass is 453 g/mol. The lowest BCUT2D eigenvalue weighted by atomic mass is 10.2. The summed E-state index contributed by atoms with van der Waals surface area (Å²) >= 11 is 0. The van der Waals surface area contributed by atoms with Crippen LogP contribution in [-0.4, -0.2) is 60.3 Å². The molecule has 0 radical (unpaired) electrons. The molecule has 29 heavy (non-hydrogen) atoms. The summed E-state index contributed by atoms with van der Waals surface area (Å²) in [5.41, 5.74) is 6.44. The van der Waals surface area contributed by atoms with Gasteiger partial charge in [-0.15, -0.1) is 0 Å². The minimum Gasteiger partial charge on any atom is -0.370 e. The predicted molar refractivity (Wildman–Crippen MR) is 103 cm³/mol. The average Bonchev–Trinajstić information content (AvgIpc) is 2.86. The Bertz CT molecular complexity index is 1020. The van der Waals surface area contributed by atoms with Crippen LogP contribution in [0.1, 0.15) is 16.2 Å². The minimum atomic E-state index is -3.67. The Balaban J connectivity index is 0.000000653. The van der Waals surface area contributed by atoms with Gasteiger partial charge in [-0.25, -0.2) is 9.37 Å². The summed E-state index contributed by atoms with van der Waals surface area (Å²) in [5, 5.41) is 9.17. The van der Waals surface area contributed by atoms with Crippen LogP contribution in [0.4, 0.5) is 4.39 Å². The zero-order valence-electron chi connectivity index (χ0n) is 15.5. The first-order valence-corrected chi connectivity index (χ1v) is 11.0. The highest BCUT2D eigenvalue weighted by Gasteiger charge is 2.15. The lowest BCUT2D eigenvalue weighted by molar-refractivity contribution is 0.0971. The van der Waals surface area contributed by atoms with E-state index in [4.69, 9.17) is 20.2 Å². The van der Waals surface area contributed by atoms with E-state index < -0.39 is 32.1 Å². The van der Waals surface area contributed by atoms with Gasteiger partial charge in [-0.3, -0.25) is 24.6 Å². The van der Waals surface area contributed by atoms with Crippen LogP contribution in [0.15, 0.2) is 24.3 Å². The van der Waals surface area contributed by atoms with E-state index in [-0.39, 0.29) is 11.5 Å². The number of hydrogen-bond acceptors (Lipinski definition) is 7. The largest absolute Gasteiger partial charge is 0.370 e. The molecule has 0 atom stereocenters. The van der Waals surface area contributed by atoms with Gasteiger partial charge < -0.3 is 10.7 Å². The Morgan fingerprint density at radius 3 is 1.93 bits per heavy atom. The van der Waals surface area contributed by atoms with Gasteiger partial charge in [0.2, 0.25) is 0 Å². The summed E-state index contributed by atoms with van der Waals surface area (Å²) in [4.78, 5) is 18.7. The van der Waals surface area contributed by atoms with Crippen molar-refractivity contribution in [2.45, 2.75) is 6.92 Å². The quantitative estimate of drug-likeness (QED) is 0.207. The first-order valence-electron chi connectivity index (χ1n) is 7.30. The fourth-order valence-electron chi connectivity index (χ4n) is 1.61. The summed E-state index contributed by atoms with van der Waals surface area (Å²) in [6.07, 6.45) is 1.43. The van der Waals surface area contributed by atoms with E-state index in [2.05, 4.69) is 15.3 Å². The topological polar surface area (TPSA) is 216 Å². The lowest BCUT2D eigenvalue weighted by Gasteiger charge is -2.00. The third-order valence-electron chi connectivity index (χ3n) is 2.48. The van der Waals surface area contributed by atoms with Crippen LogP contribution in [0.5, 0.6) is 0 Å². The van der Waals surface area contributed by atoms with Crippen molar-refractivity contribution in [2.24, 2.45) is 5.73 Å². The molecule has 0 fully saturated rings. The maximum absolute atomic E-state index is 12.8. The maximum Gasteiger partial charge on any atom is 0.276 e. The molecule has 0 aliphatic carbocycles. The number of halogens is 1. The Hall–Kier alpha value is -2.88. The number of aromatic nitrogens is 2. The van der Waals surface area contributed by atoms with Gasteiger partial charge in [-0.1, -0.05) is 0 Å². The summed E-state index contributed by atoms with van der Waals surface area (Å²) in [5.74, 6) is -0.874. The van der Waals surface area contributed by atoms with Gasteiger partial charge in [0.05, 0.1) is 18.2 Å². The van der Waals surface area contributed by atoms with Gasteiger partial charge in [-0.2, -0.15) is 16.8 Å². The number of guanidine groups is 1. The third kappa shape index (κ3) is 13.9. The second-order valence-corrected chi connectivity index (χ2v) is 8.32. The van der Waals surface area contributed by atoms with Gasteiger partial charge in [0.1, 0.15) is 17.3 Å². The number of benzene rings is 1. The number of amides is 1. The predicted octanol–water partition coefficient (Wildman–Crippen LogP) is 0.155. The molecule has 7 N–H and O–H groups in total. The SMILES string of the molecule is CS(=O)(=O)O.CS(=O)(=O)O.Cc1nc(-c2ccc(F)cc2)[nH]c1C(=O)NC(=N)N. The van der Waals surface area contributed by atoms with Gasteiger partial charge in [0, 0.05) is 5.56 Å². The molecule has 0 spiro atoms. The number of nitrogens with two attached hydrogens (primary N) is 1. The van der Waals surface area contributed by atoms with Gasteiger partial charge in [-0.05, 0) is 31.2 Å². The molecule has 1 aromatic carbocycles. The molecule has 162 valence electrons. The molecule has 0 saturated carbocycles. The lowest BCUT2D eigenvalue weighted by Crippen LogP contribution is -2.36. The number of H-pyrrole nitrogens is 1. The number of nitrogens with one attached hydrogen (secondary N) is 3. The molecular weight excluding hydrogens is 433 g/mol. The molecule has 0 saturated heterocycles. The standard InChI is InChI=1S/C12H12FN5O.2CH4O3S/c1-6-9(11(19)18-12(14)15)17-10(16-6)7-2-4-8(13)5-3-7;2*1-5(2,3)4/h2-5H,1H3,(H,16,17)(H4,14,15,18,19);2*1H3,(H,2,3,4). The number of carbonyl (C=O) groups excluding carboxylic acids is 1. The van der Waals surface area contributed by atoms with E-state index in [9.17, 15) is 26.0 Å². The fraction of sp³-hybridized carbons (Fsp3) is 0.214. The van der Waals surface area contributed by atoms with Gasteiger partial charge in [0.25, 0.3) is 26.1 Å². The number of nitrogens with zero attached hydrogens (tertiary/aromatic N) is 1. The number of hydrogen-bond donors (Lipinski definition) is 6. The van der Waals surface area contributed by atoms with Crippen molar-refractivity contribution in [3.8, 4) is 11.4 Å². The van der Waals surface area contributed by atoms with Crippen LogP contribution in [-0.2, 0) is 20.2 Å². The molecule has 12 nitrogen and oxygen atoms in total. The van der Waals surface area contributed by atoms with Crippen LogP contribution >= 0.6 is 0 Å². The second kappa shape index (κ2) is 10.6. The number of aryl methyl sites for hydroxylation is 1. The first kappa shape index (κ1) is 26.1. The highest BCUT2D eigenvalue weighted by Crippen LogP contribution is 2.18. The molecule has 2 aromatic rings. The van der Waals surface area contributed by atoms with E-state index in [1.165, 1.54) is 12.1 Å². The first-order chi connectivity index (χ1) is 13.0. The molecule has 2 rings (SSSR count). The molecule has 1 heterocycles. The fourth-order valence-corrected chi connectivity index (χ4v) is 1.61. The van der Waals surface area contributed by atoms with Crippen LogP contribution in [0.2, 0.25) is 0 Å². The molecule has 0 aliphatic rings. The summed E-state index contributed by atoms with van der Waals surface area (Å²) < 4.78 is 64.6. The number of imidazole rings is 1. The maximum atomic E-state index is 12.8. The van der Waals surface area contributed by atoms with Crippen LogP contribution in [0.3, 0.4) is 0 Å². The summed E-state index contributed by atoms with van der Waals surface area (Å²) in [6, 6.07) is 5.73. The van der Waals surface area contributed by atoms with E-state index in [0.29, 0.717) is 29.6 Å². The second-order valence-electron chi connectivity index (χ2n) is 5.39. The highest BCUT2D eigenvalue weighted by atomic mass is 32.2. The average molecular weight is 453 g/mol. The van der Waals surface area contributed by atoms with Gasteiger partial charge >= 0.3 is 0 Å². The highest BCUT2D eigenvalue weighted by molar-refractivity contribution is 7.85. The molecule has 0 aliphatic heterocycles. The van der Waals surface area contributed by atoms with Crippen LogP contribution in [0, 0.1) is 18.2 Å². The van der Waals surface area contributed by atoms with Crippen LogP contribution in [0.25, 0.3) is 11.4 Å². The molecule has 1 amide bonds. The van der Waals surface area contributed by atoms with Crippen molar-refractivity contribution in [2.75, 3.05) is 12.5 Å². The Morgan fingerprint density at radius 2 is 1.55 bits per heavy atom. The number of rotatable bonds is 2. The zero-order chi connectivity index (χ0) is 23.0. The Morgan fingerprint density at radius 1 is 1.14 bits per heavy atom. The number of carbonyl (C=O) groups is 1. The van der Waals surface area contributed by atoms with Crippen molar-refractivity contribution in [3.05, 3.63) is 41.5 Å². The van der Waals surface area contributed by atoms with Crippen molar-refractivity contribution in [1.29, 1.82) is 5.41 Å². The Kier molecular flexibility index (Phi) is 9.55. The van der Waals surface area contributed by atoms with E-state index in [1.54, 1.807) is 19.1 Å². The molecule has 0 bridgehead atoms. The molecule has 0 unspecified atom stereocenters. The third-order valence-corrected chi connectivity index (χ3v) is 2.48. The smallest absolute Gasteiger partial charge is 0.276 e. The van der Waals surface area contributed by atoms with Crippen molar-refractivity contribution in [1.82, 2.24) is 15.3 Å². The molecule has 1 aromatic heterocycles. The molecular formula is C14H20FN5O7S2. The van der Waals surface area contributed by atoms with Crippen molar-refractivity contribution >= 4 is 32.1 Å². The zero-order valence-corrected chi connectivity index (χ0v) is 17.1. The van der Waals surface area contributed by atoms with E-state index >= 15 is 0 Å². The van der Waals surface area contributed by atoms with Gasteiger partial charge in [0.15, 0.2) is 5.96 Å².